The summed E-state index contributed by atoms with van der Waals surface area (Å²) in [5.41, 5.74) is 1.08. The summed E-state index contributed by atoms with van der Waals surface area (Å²) in [6.07, 6.45) is 0.101. The van der Waals surface area contributed by atoms with Crippen molar-refractivity contribution in [1.29, 1.82) is 0 Å². The quantitative estimate of drug-likeness (QED) is 0.682. The van der Waals surface area contributed by atoms with Crippen LogP contribution in [0, 0.1) is 0 Å². The van der Waals surface area contributed by atoms with E-state index in [4.69, 9.17) is 5.11 Å². The molecule has 1 heterocycles. The Hall–Kier alpha value is -1.63. The minimum absolute atomic E-state index is 0. The zero-order chi connectivity index (χ0) is 15.1. The van der Waals surface area contributed by atoms with E-state index in [1.807, 2.05) is 30.3 Å². The van der Waals surface area contributed by atoms with E-state index in [0.717, 1.165) is 5.56 Å². The van der Waals surface area contributed by atoms with Crippen molar-refractivity contribution in [2.75, 3.05) is 26.2 Å². The maximum Gasteiger partial charge on any atom is 0.240 e. The molecule has 0 spiro atoms. The third-order valence-corrected chi connectivity index (χ3v) is 3.42. The lowest BCUT2D eigenvalue weighted by Crippen LogP contribution is -2.55. The average molecular weight is 328 g/mol. The number of aliphatic hydroxyl groups excluding tert-OH is 1. The molecule has 2 rings (SSSR count). The Bertz CT molecular complexity index is 484. The van der Waals surface area contributed by atoms with Crippen LogP contribution in [0.1, 0.15) is 12.0 Å². The smallest absolute Gasteiger partial charge is 0.240 e. The van der Waals surface area contributed by atoms with Gasteiger partial charge in [-0.25, -0.2) is 0 Å². The van der Waals surface area contributed by atoms with Crippen LogP contribution in [0.4, 0.5) is 0 Å². The fourth-order valence-electron chi connectivity index (χ4n) is 2.36. The summed E-state index contributed by atoms with van der Waals surface area (Å²) in [4.78, 5) is 25.8. The van der Waals surface area contributed by atoms with Crippen LogP contribution in [0.2, 0.25) is 0 Å². The molecule has 1 aromatic rings. The van der Waals surface area contributed by atoms with E-state index in [-0.39, 0.29) is 43.8 Å². The van der Waals surface area contributed by atoms with Gasteiger partial charge in [-0.3, -0.25) is 9.59 Å². The van der Waals surface area contributed by atoms with E-state index in [9.17, 15) is 9.59 Å². The molecule has 2 amide bonds. The number of carbonyl (C=O) groups is 2. The van der Waals surface area contributed by atoms with Crippen LogP contribution >= 0.6 is 12.4 Å². The molecule has 122 valence electrons. The largest absolute Gasteiger partial charge is 0.395 e. The Balaban J connectivity index is 0.00000242. The van der Waals surface area contributed by atoms with Gasteiger partial charge < -0.3 is 20.6 Å². The number of amides is 2. The molecule has 0 bridgehead atoms. The fourth-order valence-corrected chi connectivity index (χ4v) is 2.36. The Morgan fingerprint density at radius 3 is 2.77 bits per heavy atom. The third kappa shape index (κ3) is 5.29. The third-order valence-electron chi connectivity index (χ3n) is 3.42. The highest BCUT2D eigenvalue weighted by atomic mass is 35.5. The van der Waals surface area contributed by atoms with Gasteiger partial charge in [-0.2, -0.15) is 0 Å². The molecule has 1 fully saturated rings. The number of nitrogens with one attached hydrogen (secondary N) is 2. The summed E-state index contributed by atoms with van der Waals surface area (Å²) in [7, 11) is 0. The second kappa shape index (κ2) is 9.40. The van der Waals surface area contributed by atoms with Gasteiger partial charge in [-0.1, -0.05) is 30.3 Å². The topological polar surface area (TPSA) is 81.7 Å². The number of benzene rings is 1. The molecule has 6 nitrogen and oxygen atoms in total. The highest BCUT2D eigenvalue weighted by molar-refractivity contribution is 5.88. The molecule has 7 heteroatoms. The highest BCUT2D eigenvalue weighted by Gasteiger charge is 2.29. The van der Waals surface area contributed by atoms with Crippen LogP contribution in [-0.4, -0.2) is 54.1 Å². The van der Waals surface area contributed by atoms with Gasteiger partial charge in [0.1, 0.15) is 0 Å². The molecule has 0 aromatic heterocycles. The van der Waals surface area contributed by atoms with Crippen LogP contribution in [0.3, 0.4) is 0 Å². The molecular formula is C15H22ClN3O3. The normalized spacial score (nSPS) is 17.8. The number of nitrogens with zero attached hydrogens (tertiary/aromatic N) is 1. The van der Waals surface area contributed by atoms with Crippen molar-refractivity contribution in [1.82, 2.24) is 15.5 Å². The lowest BCUT2D eigenvalue weighted by molar-refractivity contribution is -0.138. The molecule has 1 atom stereocenters. The highest BCUT2D eigenvalue weighted by Crippen LogP contribution is 2.10. The number of piperazine rings is 1. The Morgan fingerprint density at radius 1 is 1.36 bits per heavy atom. The first-order valence-electron chi connectivity index (χ1n) is 7.14. The SMILES string of the molecule is Cl.O=C(CC1NCCN(Cc2ccccc2)C1=O)NCCO. The van der Waals surface area contributed by atoms with E-state index in [1.54, 1.807) is 4.90 Å². The Labute approximate surface area is 136 Å². The molecule has 1 aliphatic rings. The van der Waals surface area contributed by atoms with E-state index in [2.05, 4.69) is 10.6 Å². The van der Waals surface area contributed by atoms with Crippen LogP contribution in [-0.2, 0) is 16.1 Å². The molecule has 22 heavy (non-hydrogen) atoms. The fraction of sp³-hybridized carbons (Fsp3) is 0.467. The van der Waals surface area contributed by atoms with Crippen molar-refractivity contribution >= 4 is 24.2 Å². The van der Waals surface area contributed by atoms with Crippen LogP contribution < -0.4 is 10.6 Å². The first-order chi connectivity index (χ1) is 10.2. The van der Waals surface area contributed by atoms with Crippen molar-refractivity contribution in [2.24, 2.45) is 0 Å². The van der Waals surface area contributed by atoms with Crippen LogP contribution in [0.5, 0.6) is 0 Å². The van der Waals surface area contributed by atoms with E-state index < -0.39 is 6.04 Å². The zero-order valence-corrected chi connectivity index (χ0v) is 13.1. The molecule has 0 saturated carbocycles. The van der Waals surface area contributed by atoms with E-state index in [1.165, 1.54) is 0 Å². The maximum atomic E-state index is 12.4. The summed E-state index contributed by atoms with van der Waals surface area (Å²) < 4.78 is 0. The van der Waals surface area contributed by atoms with Gasteiger partial charge in [-0.15, -0.1) is 12.4 Å². The monoisotopic (exact) mass is 327 g/mol. The van der Waals surface area contributed by atoms with Gasteiger partial charge in [0.05, 0.1) is 19.1 Å². The number of aliphatic hydroxyl groups is 1. The summed E-state index contributed by atoms with van der Waals surface area (Å²) >= 11 is 0. The van der Waals surface area contributed by atoms with Gasteiger partial charge in [0.25, 0.3) is 0 Å². The Kier molecular flexibility index (Phi) is 7.87. The molecule has 1 aromatic carbocycles. The maximum absolute atomic E-state index is 12.4. The van der Waals surface area contributed by atoms with Crippen molar-refractivity contribution in [3.8, 4) is 0 Å². The summed E-state index contributed by atoms with van der Waals surface area (Å²) in [6, 6.07) is 9.32. The van der Waals surface area contributed by atoms with Gasteiger partial charge in [0.15, 0.2) is 0 Å². The number of hydrogen-bond acceptors (Lipinski definition) is 4. The Morgan fingerprint density at radius 2 is 2.09 bits per heavy atom. The predicted molar refractivity (Wildman–Crippen MR) is 85.6 cm³/mol. The molecule has 1 unspecified atom stereocenters. The van der Waals surface area contributed by atoms with Crippen molar-refractivity contribution in [2.45, 2.75) is 19.0 Å². The van der Waals surface area contributed by atoms with Gasteiger partial charge in [0, 0.05) is 26.2 Å². The first-order valence-corrected chi connectivity index (χ1v) is 7.14. The minimum atomic E-state index is -0.485. The van der Waals surface area contributed by atoms with Gasteiger partial charge in [0.2, 0.25) is 11.8 Å². The second-order valence-corrected chi connectivity index (χ2v) is 5.03. The molecule has 3 N–H and O–H groups in total. The standard InChI is InChI=1S/C15H21N3O3.ClH/c19-9-7-17-14(20)10-13-15(21)18(8-6-16-13)11-12-4-2-1-3-5-12;/h1-5,13,16,19H,6-11H2,(H,17,20);1H. The average Bonchev–Trinajstić information content (AvgIpc) is 2.50. The summed E-state index contributed by atoms with van der Waals surface area (Å²) in [6.45, 7) is 2.00. The number of rotatable bonds is 6. The summed E-state index contributed by atoms with van der Waals surface area (Å²) in [5.74, 6) is -0.277. The second-order valence-electron chi connectivity index (χ2n) is 5.03. The minimum Gasteiger partial charge on any atom is -0.395 e. The van der Waals surface area contributed by atoms with E-state index in [0.29, 0.717) is 19.6 Å². The molecular weight excluding hydrogens is 306 g/mol. The number of hydrogen-bond donors (Lipinski definition) is 3. The predicted octanol–water partition coefficient (Wildman–Crippen LogP) is -0.0926. The van der Waals surface area contributed by atoms with Gasteiger partial charge in [-0.05, 0) is 5.56 Å². The molecule has 0 aliphatic carbocycles. The van der Waals surface area contributed by atoms with Crippen molar-refractivity contribution < 1.29 is 14.7 Å². The zero-order valence-electron chi connectivity index (χ0n) is 12.3. The lowest BCUT2D eigenvalue weighted by Gasteiger charge is -2.33. The molecule has 0 radical (unpaired) electrons. The molecule has 1 aliphatic heterocycles. The van der Waals surface area contributed by atoms with Gasteiger partial charge >= 0.3 is 0 Å². The van der Waals surface area contributed by atoms with Crippen LogP contribution in [0.15, 0.2) is 30.3 Å². The number of carbonyl (C=O) groups excluding carboxylic acids is 2. The summed E-state index contributed by atoms with van der Waals surface area (Å²) in [5, 5.41) is 14.3. The van der Waals surface area contributed by atoms with E-state index >= 15 is 0 Å². The molecule has 1 saturated heterocycles. The van der Waals surface area contributed by atoms with Crippen molar-refractivity contribution in [3.63, 3.8) is 0 Å². The van der Waals surface area contributed by atoms with Crippen molar-refractivity contribution in [3.05, 3.63) is 35.9 Å². The lowest BCUT2D eigenvalue weighted by atomic mass is 10.1. The first kappa shape index (κ1) is 18.4. The number of halogens is 1. The van der Waals surface area contributed by atoms with Crippen LogP contribution in [0.25, 0.3) is 0 Å².